The summed E-state index contributed by atoms with van der Waals surface area (Å²) in [5.74, 6) is 1.02. The van der Waals surface area contributed by atoms with Crippen LogP contribution in [-0.2, 0) is 4.79 Å². The molecular formula is C16H15ClN2O2. The highest BCUT2D eigenvalue weighted by Gasteiger charge is 1.99. The van der Waals surface area contributed by atoms with Gasteiger partial charge in [0.25, 0.3) is 0 Å². The third kappa shape index (κ3) is 4.93. The van der Waals surface area contributed by atoms with Crippen molar-refractivity contribution in [2.45, 2.75) is 6.92 Å². The molecule has 0 atom stereocenters. The number of carbonyl (C=O) groups is 1. The lowest BCUT2D eigenvalue weighted by Crippen LogP contribution is -2.08. The lowest BCUT2D eigenvalue weighted by molar-refractivity contribution is -0.111. The topological polar surface area (TPSA) is 51.2 Å². The Morgan fingerprint density at radius 1 is 1.29 bits per heavy atom. The van der Waals surface area contributed by atoms with Gasteiger partial charge in [-0.2, -0.15) is 0 Å². The average molecular weight is 303 g/mol. The lowest BCUT2D eigenvalue weighted by atomic mass is 10.2. The van der Waals surface area contributed by atoms with Crippen molar-refractivity contribution in [2.75, 3.05) is 11.9 Å². The quantitative estimate of drug-likeness (QED) is 0.855. The number of amides is 1. The van der Waals surface area contributed by atoms with E-state index in [2.05, 4.69) is 10.3 Å². The van der Waals surface area contributed by atoms with E-state index in [9.17, 15) is 4.79 Å². The molecular weight excluding hydrogens is 288 g/mol. The van der Waals surface area contributed by atoms with E-state index in [1.165, 1.54) is 12.3 Å². The normalized spacial score (nSPS) is 10.6. The molecule has 0 aliphatic rings. The molecule has 108 valence electrons. The number of rotatable bonds is 5. The van der Waals surface area contributed by atoms with Gasteiger partial charge in [0.1, 0.15) is 11.6 Å². The molecule has 0 spiro atoms. The molecule has 21 heavy (non-hydrogen) atoms. The predicted molar refractivity (Wildman–Crippen MR) is 84.5 cm³/mol. The zero-order valence-corrected chi connectivity index (χ0v) is 12.3. The molecule has 5 heteroatoms. The number of carbonyl (C=O) groups excluding carboxylic acids is 1. The van der Waals surface area contributed by atoms with Crippen molar-refractivity contribution in [1.29, 1.82) is 0 Å². The molecule has 1 aromatic carbocycles. The molecule has 2 rings (SSSR count). The van der Waals surface area contributed by atoms with E-state index in [0.29, 0.717) is 17.4 Å². The maximum absolute atomic E-state index is 11.7. The molecule has 0 saturated carbocycles. The van der Waals surface area contributed by atoms with Crippen LogP contribution in [0.5, 0.6) is 5.75 Å². The molecule has 0 fully saturated rings. The van der Waals surface area contributed by atoms with Gasteiger partial charge in [0, 0.05) is 12.3 Å². The van der Waals surface area contributed by atoms with Crippen molar-refractivity contribution in [3.8, 4) is 5.75 Å². The Hall–Kier alpha value is -2.33. The number of hydrogen-bond donors (Lipinski definition) is 1. The molecule has 1 N–H and O–H groups in total. The van der Waals surface area contributed by atoms with Crippen LogP contribution >= 0.6 is 11.6 Å². The number of halogens is 1. The highest BCUT2D eigenvalue weighted by Crippen LogP contribution is 2.13. The monoisotopic (exact) mass is 302 g/mol. The first-order valence-electron chi connectivity index (χ1n) is 6.51. The van der Waals surface area contributed by atoms with Crippen molar-refractivity contribution < 1.29 is 9.53 Å². The summed E-state index contributed by atoms with van der Waals surface area (Å²) in [7, 11) is 0. The van der Waals surface area contributed by atoms with Gasteiger partial charge < -0.3 is 10.1 Å². The molecule has 0 bridgehead atoms. The zero-order chi connectivity index (χ0) is 15.1. The number of anilines is 1. The van der Waals surface area contributed by atoms with Crippen molar-refractivity contribution in [3.63, 3.8) is 0 Å². The number of hydrogen-bond acceptors (Lipinski definition) is 3. The molecule has 1 heterocycles. The molecule has 1 amide bonds. The SMILES string of the molecule is CCOc1ccc(C=CC(=O)Nc2ccc(Cl)cn2)cc1. The Balaban J connectivity index is 1.93. The second kappa shape index (κ2) is 7.45. The van der Waals surface area contributed by atoms with E-state index in [4.69, 9.17) is 16.3 Å². The van der Waals surface area contributed by atoms with Crippen LogP contribution in [0, 0.1) is 0 Å². The summed E-state index contributed by atoms with van der Waals surface area (Å²) in [5.41, 5.74) is 0.915. The van der Waals surface area contributed by atoms with Crippen molar-refractivity contribution in [3.05, 3.63) is 59.3 Å². The van der Waals surface area contributed by atoms with Gasteiger partial charge in [-0.1, -0.05) is 23.7 Å². The minimum Gasteiger partial charge on any atom is -0.494 e. The molecule has 2 aromatic rings. The summed E-state index contributed by atoms with van der Waals surface area (Å²) in [6.45, 7) is 2.56. The van der Waals surface area contributed by atoms with Crippen LogP contribution in [0.25, 0.3) is 6.08 Å². The minimum atomic E-state index is -0.251. The van der Waals surface area contributed by atoms with Crippen LogP contribution in [0.15, 0.2) is 48.7 Å². The highest BCUT2D eigenvalue weighted by atomic mass is 35.5. The predicted octanol–water partition coefficient (Wildman–Crippen LogP) is 3.79. The summed E-state index contributed by atoms with van der Waals surface area (Å²) in [5, 5.41) is 3.18. The third-order valence-electron chi connectivity index (χ3n) is 2.60. The van der Waals surface area contributed by atoms with Gasteiger partial charge in [-0.05, 0) is 42.8 Å². The molecule has 0 aliphatic carbocycles. The molecule has 0 radical (unpaired) electrons. The van der Waals surface area contributed by atoms with E-state index in [-0.39, 0.29) is 5.91 Å². The van der Waals surface area contributed by atoms with E-state index in [1.54, 1.807) is 18.2 Å². The first-order chi connectivity index (χ1) is 10.2. The van der Waals surface area contributed by atoms with E-state index < -0.39 is 0 Å². The van der Waals surface area contributed by atoms with Gasteiger partial charge >= 0.3 is 0 Å². The van der Waals surface area contributed by atoms with Crippen LogP contribution in [0.2, 0.25) is 5.02 Å². The van der Waals surface area contributed by atoms with Crippen LogP contribution in [0.4, 0.5) is 5.82 Å². The number of nitrogens with one attached hydrogen (secondary N) is 1. The molecule has 1 aromatic heterocycles. The molecule has 4 nitrogen and oxygen atoms in total. The lowest BCUT2D eigenvalue weighted by Gasteiger charge is -2.02. The van der Waals surface area contributed by atoms with Crippen LogP contribution in [0.3, 0.4) is 0 Å². The fourth-order valence-corrected chi connectivity index (χ4v) is 1.74. The fourth-order valence-electron chi connectivity index (χ4n) is 1.63. The Morgan fingerprint density at radius 2 is 2.05 bits per heavy atom. The Labute approximate surface area is 128 Å². The minimum absolute atomic E-state index is 0.251. The third-order valence-corrected chi connectivity index (χ3v) is 2.82. The zero-order valence-electron chi connectivity index (χ0n) is 11.5. The van der Waals surface area contributed by atoms with E-state index in [1.807, 2.05) is 31.2 Å². The van der Waals surface area contributed by atoms with E-state index >= 15 is 0 Å². The number of nitrogens with zero attached hydrogens (tertiary/aromatic N) is 1. The maximum Gasteiger partial charge on any atom is 0.249 e. The van der Waals surface area contributed by atoms with Gasteiger partial charge in [0.15, 0.2) is 0 Å². The number of benzene rings is 1. The van der Waals surface area contributed by atoms with Crippen LogP contribution < -0.4 is 10.1 Å². The Kier molecular flexibility index (Phi) is 5.35. The first-order valence-corrected chi connectivity index (χ1v) is 6.88. The van der Waals surface area contributed by atoms with Crippen LogP contribution in [0.1, 0.15) is 12.5 Å². The molecule has 0 saturated heterocycles. The van der Waals surface area contributed by atoms with Gasteiger partial charge in [0.05, 0.1) is 11.6 Å². The van der Waals surface area contributed by atoms with Crippen LogP contribution in [-0.4, -0.2) is 17.5 Å². The second-order valence-corrected chi connectivity index (χ2v) is 4.62. The summed E-state index contributed by atoms with van der Waals surface area (Å²) < 4.78 is 5.35. The molecule has 0 unspecified atom stereocenters. The van der Waals surface area contributed by atoms with Gasteiger partial charge in [-0.25, -0.2) is 4.98 Å². The largest absolute Gasteiger partial charge is 0.494 e. The summed E-state index contributed by atoms with van der Waals surface area (Å²) in [4.78, 5) is 15.7. The second-order valence-electron chi connectivity index (χ2n) is 4.19. The van der Waals surface area contributed by atoms with Crippen molar-refractivity contribution >= 4 is 29.4 Å². The maximum atomic E-state index is 11.7. The van der Waals surface area contributed by atoms with Gasteiger partial charge in [-0.15, -0.1) is 0 Å². The summed E-state index contributed by atoms with van der Waals surface area (Å²) in [6, 6.07) is 10.8. The Bertz CT molecular complexity index is 622. The number of ether oxygens (including phenoxy) is 1. The summed E-state index contributed by atoms with van der Waals surface area (Å²) >= 11 is 5.73. The van der Waals surface area contributed by atoms with E-state index in [0.717, 1.165) is 11.3 Å². The molecule has 0 aliphatic heterocycles. The van der Waals surface area contributed by atoms with Gasteiger partial charge in [-0.3, -0.25) is 4.79 Å². The average Bonchev–Trinajstić information content (AvgIpc) is 2.49. The highest BCUT2D eigenvalue weighted by molar-refractivity contribution is 6.30. The standard InChI is InChI=1S/C16H15ClN2O2/c1-2-21-14-7-3-12(4-8-14)5-10-16(20)19-15-9-6-13(17)11-18-15/h3-11H,2H2,1H3,(H,18,19,20). The number of aromatic nitrogens is 1. The number of pyridine rings is 1. The first kappa shape index (κ1) is 15.1. The fraction of sp³-hybridized carbons (Fsp3) is 0.125. The van der Waals surface area contributed by atoms with Gasteiger partial charge in [0.2, 0.25) is 5.91 Å². The summed E-state index contributed by atoms with van der Waals surface area (Å²) in [6.07, 6.45) is 4.65. The Morgan fingerprint density at radius 3 is 2.67 bits per heavy atom. The smallest absolute Gasteiger partial charge is 0.249 e. The van der Waals surface area contributed by atoms with Crippen molar-refractivity contribution in [2.24, 2.45) is 0 Å². The van der Waals surface area contributed by atoms with Crippen molar-refractivity contribution in [1.82, 2.24) is 4.98 Å².